The first-order chi connectivity index (χ1) is 31.9. The molecule has 0 spiro atoms. The van der Waals surface area contributed by atoms with Crippen molar-refractivity contribution >= 4 is 39.4 Å². The smallest absolute Gasteiger partial charge is 0.410 e. The van der Waals surface area contributed by atoms with Crippen LogP contribution in [0.4, 0.5) is 9.59 Å². The van der Waals surface area contributed by atoms with Crippen LogP contribution in [0.5, 0.6) is 5.88 Å². The highest BCUT2D eigenvalue weighted by Gasteiger charge is 2.38. The average molecular weight is 967 g/mol. The van der Waals surface area contributed by atoms with E-state index in [1.165, 1.54) is 0 Å². The van der Waals surface area contributed by atoms with Gasteiger partial charge >= 0.3 is 12.2 Å². The number of benzene rings is 2. The van der Waals surface area contributed by atoms with Crippen LogP contribution >= 0.6 is 0 Å². The van der Waals surface area contributed by atoms with Crippen LogP contribution in [0.1, 0.15) is 91.0 Å². The fourth-order valence-electron chi connectivity index (χ4n) is 8.43. The van der Waals surface area contributed by atoms with Gasteiger partial charge in [-0.25, -0.2) is 29.5 Å². The second kappa shape index (κ2) is 20.5. The number of carbonyl (C=O) groups is 2. The van der Waals surface area contributed by atoms with Gasteiger partial charge in [0.2, 0.25) is 5.88 Å². The third kappa shape index (κ3) is 12.9. The van der Waals surface area contributed by atoms with E-state index in [0.717, 1.165) is 77.5 Å². The fraction of sp³-hybridized carbons (Fsp3) is 0.569. The number of imidazole rings is 2. The van der Waals surface area contributed by atoms with Crippen molar-refractivity contribution in [2.45, 2.75) is 155 Å². The van der Waals surface area contributed by atoms with Gasteiger partial charge in [-0.15, -0.1) is 0 Å². The number of aromatic nitrogens is 6. The Labute approximate surface area is 404 Å². The highest BCUT2D eigenvalue weighted by atomic mass is 28.3. The number of carbonyl (C=O) groups excluding carboxylic acids is 2. The van der Waals surface area contributed by atoms with Gasteiger partial charge in [-0.05, 0) is 91.4 Å². The lowest BCUT2D eigenvalue weighted by molar-refractivity contribution is 0.0194. The molecule has 1 unspecified atom stereocenters. The molecule has 3 aromatic heterocycles. The number of nitrogens with zero attached hydrogens (tertiary/aromatic N) is 8. The molecule has 2 amide bonds. The van der Waals surface area contributed by atoms with Crippen LogP contribution in [0.3, 0.4) is 0 Å². The molecule has 0 saturated carbocycles. The number of likely N-dealkylation sites (tertiary alicyclic amines) is 2. The minimum Gasteiger partial charge on any atom is -0.479 e. The SMILES string of the molecule is COc1nc2cc(-c3cn(COCC[Si](C)(C)C)c([C@@H]4CCCN4C(=O)OC(C)(C)C)n3)ccc2nc1-c1ccc(-c2cn(COCC[Si](C)(C)C)c(C3CCCN3C(=O)OC(C)(C)C)n2)cc1. The van der Waals surface area contributed by atoms with Gasteiger partial charge in [-0.1, -0.05) is 69.6 Å². The zero-order valence-electron chi connectivity index (χ0n) is 42.8. The number of rotatable bonds is 16. The topological polar surface area (TPSA) is 148 Å². The Morgan fingerprint density at radius 3 is 1.53 bits per heavy atom. The van der Waals surface area contributed by atoms with Gasteiger partial charge < -0.3 is 32.8 Å². The van der Waals surface area contributed by atoms with Gasteiger partial charge in [0, 0.05) is 71.5 Å². The summed E-state index contributed by atoms with van der Waals surface area (Å²) in [5.41, 5.74) is 4.94. The van der Waals surface area contributed by atoms with E-state index in [1.54, 1.807) is 16.9 Å². The van der Waals surface area contributed by atoms with E-state index in [2.05, 4.69) is 43.8 Å². The summed E-state index contributed by atoms with van der Waals surface area (Å²) >= 11 is 0. The molecule has 17 heteroatoms. The molecule has 7 rings (SSSR count). The molecule has 368 valence electrons. The lowest BCUT2D eigenvalue weighted by atomic mass is 10.1. The van der Waals surface area contributed by atoms with E-state index in [-0.39, 0.29) is 24.3 Å². The van der Waals surface area contributed by atoms with Crippen LogP contribution in [0, 0.1) is 0 Å². The average Bonchev–Trinajstić information content (AvgIpc) is 4.08. The Kier molecular flexibility index (Phi) is 15.3. The van der Waals surface area contributed by atoms with E-state index >= 15 is 0 Å². The Balaban J connectivity index is 1.15. The molecular weight excluding hydrogens is 893 g/mol. The molecular formula is C51H74N8O7Si2. The third-order valence-electron chi connectivity index (χ3n) is 12.0. The lowest BCUT2D eigenvalue weighted by Gasteiger charge is -2.28. The Hall–Kier alpha value is -5.11. The van der Waals surface area contributed by atoms with E-state index in [4.69, 9.17) is 43.6 Å². The molecule has 68 heavy (non-hydrogen) atoms. The first-order valence-electron chi connectivity index (χ1n) is 24.2. The summed E-state index contributed by atoms with van der Waals surface area (Å²) in [6, 6.07) is 15.7. The van der Waals surface area contributed by atoms with Crippen LogP contribution in [0.25, 0.3) is 44.8 Å². The summed E-state index contributed by atoms with van der Waals surface area (Å²) in [4.78, 5) is 50.8. The molecule has 15 nitrogen and oxygen atoms in total. The summed E-state index contributed by atoms with van der Waals surface area (Å²) in [6.45, 7) is 28.6. The van der Waals surface area contributed by atoms with Crippen LogP contribution in [-0.4, -0.2) is 112 Å². The van der Waals surface area contributed by atoms with Gasteiger partial charge in [0.25, 0.3) is 0 Å². The number of ether oxygens (including phenoxy) is 5. The molecule has 2 atom stereocenters. The van der Waals surface area contributed by atoms with Crippen LogP contribution in [0.2, 0.25) is 51.4 Å². The van der Waals surface area contributed by atoms with Crippen LogP contribution < -0.4 is 4.74 Å². The Bertz CT molecular complexity index is 2550. The molecule has 2 aromatic carbocycles. The van der Waals surface area contributed by atoms with E-state index in [9.17, 15) is 9.59 Å². The second-order valence-electron chi connectivity index (χ2n) is 22.6. The predicted molar refractivity (Wildman–Crippen MR) is 272 cm³/mol. The molecule has 0 bridgehead atoms. The van der Waals surface area contributed by atoms with Crippen molar-refractivity contribution in [1.29, 1.82) is 0 Å². The normalized spacial score (nSPS) is 17.1. The van der Waals surface area contributed by atoms with Crippen molar-refractivity contribution in [3.8, 4) is 39.7 Å². The highest BCUT2D eigenvalue weighted by molar-refractivity contribution is 6.76. The molecule has 2 aliphatic rings. The quantitative estimate of drug-likeness (QED) is 0.0687. The minimum absolute atomic E-state index is 0.227. The second-order valence-corrected chi connectivity index (χ2v) is 33.9. The number of fused-ring (bicyclic) bond motifs is 1. The maximum absolute atomic E-state index is 13.4. The van der Waals surface area contributed by atoms with Crippen molar-refractivity contribution in [3.63, 3.8) is 0 Å². The van der Waals surface area contributed by atoms with Gasteiger partial charge in [0.05, 0.1) is 41.6 Å². The van der Waals surface area contributed by atoms with Crippen LogP contribution in [-0.2, 0) is 32.4 Å². The molecule has 2 saturated heterocycles. The van der Waals surface area contributed by atoms with Gasteiger partial charge in [-0.3, -0.25) is 9.80 Å². The maximum Gasteiger partial charge on any atom is 0.410 e. The molecule has 0 N–H and O–H groups in total. The molecule has 2 aliphatic heterocycles. The monoisotopic (exact) mass is 967 g/mol. The summed E-state index contributed by atoms with van der Waals surface area (Å²) in [6.07, 6.45) is 6.67. The van der Waals surface area contributed by atoms with Gasteiger partial charge in [0.1, 0.15) is 42.0 Å². The van der Waals surface area contributed by atoms with Crippen LogP contribution in [0.15, 0.2) is 54.9 Å². The van der Waals surface area contributed by atoms with Crippen molar-refractivity contribution < 1.29 is 33.3 Å². The Morgan fingerprint density at radius 1 is 0.618 bits per heavy atom. The fourth-order valence-corrected chi connectivity index (χ4v) is 9.95. The van der Waals surface area contributed by atoms with Gasteiger partial charge in [0.15, 0.2) is 0 Å². The summed E-state index contributed by atoms with van der Waals surface area (Å²) in [5, 5.41) is 0. The third-order valence-corrected chi connectivity index (χ3v) is 15.4. The molecule has 2 fully saturated rings. The molecule has 5 aromatic rings. The standard InChI is InChI=1S/C51H74N8O7Si2/c1-50(2,3)65-48(60)58-24-14-16-42(58)45-53-40(31-56(45)33-63-26-28-67(8,9)10)35-18-20-36(21-19-35)44-47(62-7)55-39-30-37(22-23-38(39)52-44)41-32-57(34-64-27-29-68(11,12)13)46(54-41)43-17-15-25-59(43)49(61)66-51(4,5)6/h18-23,30-32,42-43H,14-17,24-29,33-34H2,1-13H3/t42?,43-/m0/s1. The zero-order valence-corrected chi connectivity index (χ0v) is 44.8. The lowest BCUT2D eigenvalue weighted by Crippen LogP contribution is -2.37. The van der Waals surface area contributed by atoms with E-state index in [0.29, 0.717) is 62.4 Å². The van der Waals surface area contributed by atoms with Crippen molar-refractivity contribution in [3.05, 3.63) is 66.5 Å². The first kappa shape index (κ1) is 50.8. The summed E-state index contributed by atoms with van der Waals surface area (Å²) in [7, 11) is -0.974. The highest BCUT2D eigenvalue weighted by Crippen LogP contribution is 2.38. The molecule has 0 aliphatic carbocycles. The minimum atomic E-state index is -1.29. The molecule has 5 heterocycles. The van der Waals surface area contributed by atoms with Crippen molar-refractivity contribution in [2.75, 3.05) is 33.4 Å². The van der Waals surface area contributed by atoms with Gasteiger partial charge in [-0.2, -0.15) is 0 Å². The zero-order chi connectivity index (χ0) is 49.2. The Morgan fingerprint density at radius 2 is 1.07 bits per heavy atom. The van der Waals surface area contributed by atoms with E-state index < -0.39 is 27.3 Å². The predicted octanol–water partition coefficient (Wildman–Crippen LogP) is 11.8. The first-order valence-corrected chi connectivity index (χ1v) is 31.6. The van der Waals surface area contributed by atoms with Crippen molar-refractivity contribution in [2.24, 2.45) is 0 Å². The summed E-state index contributed by atoms with van der Waals surface area (Å²) < 4.78 is 34.1. The van der Waals surface area contributed by atoms with Crippen molar-refractivity contribution in [1.82, 2.24) is 38.9 Å². The van der Waals surface area contributed by atoms with E-state index in [1.807, 2.05) is 101 Å². The number of hydrogen-bond acceptors (Lipinski definition) is 11. The summed E-state index contributed by atoms with van der Waals surface area (Å²) in [5.74, 6) is 1.96. The number of methoxy groups -OCH3 is 1. The number of hydrogen-bond donors (Lipinski definition) is 0. The molecule has 0 radical (unpaired) electrons. The maximum atomic E-state index is 13.4. The largest absolute Gasteiger partial charge is 0.479 e. The number of amides is 2.